The molecule has 31 heavy (non-hydrogen) atoms. The Bertz CT molecular complexity index is 1260. The van der Waals surface area contributed by atoms with Crippen molar-refractivity contribution < 1.29 is 4.74 Å². The van der Waals surface area contributed by atoms with E-state index in [0.29, 0.717) is 18.9 Å². The normalized spacial score (nSPS) is 16.6. The zero-order valence-electron chi connectivity index (χ0n) is 17.1. The number of ether oxygens (including phenoxy) is 1. The van der Waals surface area contributed by atoms with E-state index in [4.69, 9.17) is 15.5 Å². The lowest BCUT2D eigenvalue weighted by atomic mass is 10.1. The smallest absolute Gasteiger partial charge is 0.274 e. The molecule has 0 radical (unpaired) electrons. The lowest BCUT2D eigenvalue weighted by Gasteiger charge is -2.25. The molecule has 4 aromatic rings. The first-order valence-corrected chi connectivity index (χ1v) is 10.5. The highest BCUT2D eigenvalue weighted by molar-refractivity contribution is 5.74. The molecule has 8 heteroatoms. The number of nitrogens with two attached hydrogens (primary N) is 1. The van der Waals surface area contributed by atoms with Crippen molar-refractivity contribution in [2.24, 2.45) is 0 Å². The predicted octanol–water partition coefficient (Wildman–Crippen LogP) is 2.91. The van der Waals surface area contributed by atoms with Crippen LogP contribution in [0.25, 0.3) is 11.2 Å². The molecule has 5 rings (SSSR count). The molecule has 0 saturated carbocycles. The summed E-state index contributed by atoms with van der Waals surface area (Å²) in [5.74, 6) is 0.712. The molecule has 1 unspecified atom stereocenters. The first-order valence-electron chi connectivity index (χ1n) is 10.5. The van der Waals surface area contributed by atoms with E-state index in [2.05, 4.69) is 22.1 Å². The fourth-order valence-electron chi connectivity index (χ4n) is 4.09. The molecule has 1 aliphatic rings. The van der Waals surface area contributed by atoms with Crippen LogP contribution in [-0.4, -0.2) is 30.7 Å². The van der Waals surface area contributed by atoms with Crippen molar-refractivity contribution in [3.05, 3.63) is 82.4 Å². The van der Waals surface area contributed by atoms with Gasteiger partial charge < -0.3 is 15.0 Å². The number of hydrogen-bond donors (Lipinski definition) is 1. The number of hydrogen-bond acceptors (Lipinski definition) is 6. The third kappa shape index (κ3) is 3.82. The predicted molar refractivity (Wildman–Crippen MR) is 118 cm³/mol. The van der Waals surface area contributed by atoms with Gasteiger partial charge in [0.25, 0.3) is 5.56 Å². The SMILES string of the molecule is Nc1cccn(Cc2nc3c(Cc4ccccc4)ncnc3n2C2CCCCO2)c1=O. The Balaban J connectivity index is 1.63. The van der Waals surface area contributed by atoms with Gasteiger partial charge in [0.1, 0.15) is 23.9 Å². The van der Waals surface area contributed by atoms with Crippen LogP contribution in [0.1, 0.15) is 42.6 Å². The molecule has 0 amide bonds. The van der Waals surface area contributed by atoms with Gasteiger partial charge in [-0.3, -0.25) is 9.36 Å². The summed E-state index contributed by atoms with van der Waals surface area (Å²) in [7, 11) is 0. The second kappa shape index (κ2) is 8.31. The van der Waals surface area contributed by atoms with E-state index in [1.54, 1.807) is 29.2 Å². The van der Waals surface area contributed by atoms with Crippen LogP contribution in [-0.2, 0) is 17.7 Å². The molecule has 1 fully saturated rings. The van der Waals surface area contributed by atoms with Crippen LogP contribution in [0.15, 0.2) is 59.8 Å². The number of anilines is 1. The minimum absolute atomic E-state index is 0.162. The van der Waals surface area contributed by atoms with E-state index >= 15 is 0 Å². The standard InChI is InChI=1S/C23H24N6O2/c24-17-9-6-11-28(23(17)30)14-19-27-21-18(13-16-7-2-1-3-8-16)25-15-26-22(21)29(19)20-10-4-5-12-31-20/h1-3,6-9,11,15,20H,4-5,10,12-14,24H2. The van der Waals surface area contributed by atoms with Gasteiger partial charge in [-0.15, -0.1) is 0 Å². The lowest BCUT2D eigenvalue weighted by Crippen LogP contribution is -2.26. The minimum atomic E-state index is -0.235. The monoisotopic (exact) mass is 416 g/mol. The highest BCUT2D eigenvalue weighted by atomic mass is 16.5. The molecule has 4 heterocycles. The summed E-state index contributed by atoms with van der Waals surface area (Å²) >= 11 is 0. The average molecular weight is 416 g/mol. The second-order valence-corrected chi connectivity index (χ2v) is 7.77. The number of rotatable bonds is 5. The van der Waals surface area contributed by atoms with Crippen molar-refractivity contribution in [3.8, 4) is 0 Å². The first-order chi connectivity index (χ1) is 15.2. The summed E-state index contributed by atoms with van der Waals surface area (Å²) in [6.45, 7) is 0.981. The molecule has 2 N–H and O–H groups in total. The number of aromatic nitrogens is 5. The van der Waals surface area contributed by atoms with Gasteiger partial charge in [0.05, 0.1) is 17.9 Å². The largest absolute Gasteiger partial charge is 0.394 e. The van der Waals surface area contributed by atoms with Crippen molar-refractivity contribution in [1.82, 2.24) is 24.1 Å². The molecule has 3 aromatic heterocycles. The maximum absolute atomic E-state index is 12.5. The van der Waals surface area contributed by atoms with Crippen molar-refractivity contribution >= 4 is 16.9 Å². The highest BCUT2D eigenvalue weighted by Crippen LogP contribution is 2.29. The molecular weight excluding hydrogens is 392 g/mol. The van der Waals surface area contributed by atoms with Crippen LogP contribution in [0, 0.1) is 0 Å². The molecular formula is C23H24N6O2. The van der Waals surface area contributed by atoms with E-state index in [9.17, 15) is 4.79 Å². The molecule has 158 valence electrons. The third-order valence-electron chi connectivity index (χ3n) is 5.65. The van der Waals surface area contributed by atoms with Gasteiger partial charge in [0.15, 0.2) is 5.65 Å². The van der Waals surface area contributed by atoms with E-state index in [-0.39, 0.29) is 24.0 Å². The summed E-state index contributed by atoms with van der Waals surface area (Å²) in [5, 5.41) is 0. The van der Waals surface area contributed by atoms with E-state index < -0.39 is 0 Å². The summed E-state index contributed by atoms with van der Waals surface area (Å²) < 4.78 is 9.67. The summed E-state index contributed by atoms with van der Waals surface area (Å²) in [5.41, 5.74) is 9.29. The van der Waals surface area contributed by atoms with E-state index in [1.807, 2.05) is 22.8 Å². The Labute approximate surface area is 179 Å². The zero-order chi connectivity index (χ0) is 21.2. The Morgan fingerprint density at radius 3 is 2.77 bits per heavy atom. The van der Waals surface area contributed by atoms with Gasteiger partial charge in [0, 0.05) is 19.2 Å². The Morgan fingerprint density at radius 2 is 1.97 bits per heavy atom. The number of nitrogens with zero attached hydrogens (tertiary/aromatic N) is 5. The Hall–Kier alpha value is -3.52. The summed E-state index contributed by atoms with van der Waals surface area (Å²) in [6.07, 6.45) is 6.79. The quantitative estimate of drug-likeness (QED) is 0.537. The van der Waals surface area contributed by atoms with E-state index in [0.717, 1.165) is 41.7 Å². The maximum atomic E-state index is 12.5. The van der Waals surface area contributed by atoms with Crippen molar-refractivity contribution in [2.45, 2.75) is 38.5 Å². The van der Waals surface area contributed by atoms with Gasteiger partial charge in [0.2, 0.25) is 0 Å². The Kier molecular flexibility index (Phi) is 5.21. The molecule has 0 spiro atoms. The Morgan fingerprint density at radius 1 is 1.10 bits per heavy atom. The number of pyridine rings is 1. The highest BCUT2D eigenvalue weighted by Gasteiger charge is 2.25. The van der Waals surface area contributed by atoms with Crippen molar-refractivity contribution in [3.63, 3.8) is 0 Å². The number of nitrogen functional groups attached to an aromatic ring is 1. The van der Waals surface area contributed by atoms with E-state index in [1.165, 1.54) is 0 Å². The van der Waals surface area contributed by atoms with Crippen LogP contribution < -0.4 is 11.3 Å². The van der Waals surface area contributed by atoms with Crippen LogP contribution in [0.2, 0.25) is 0 Å². The number of imidazole rings is 1. The fourth-order valence-corrected chi connectivity index (χ4v) is 4.09. The van der Waals surface area contributed by atoms with Gasteiger partial charge in [-0.2, -0.15) is 0 Å². The third-order valence-corrected chi connectivity index (χ3v) is 5.65. The molecule has 8 nitrogen and oxygen atoms in total. The van der Waals surface area contributed by atoms with Gasteiger partial charge >= 0.3 is 0 Å². The van der Waals surface area contributed by atoms with Crippen molar-refractivity contribution in [1.29, 1.82) is 0 Å². The van der Waals surface area contributed by atoms with Gasteiger partial charge in [-0.25, -0.2) is 15.0 Å². The maximum Gasteiger partial charge on any atom is 0.274 e. The van der Waals surface area contributed by atoms with Crippen LogP contribution in [0.4, 0.5) is 5.69 Å². The summed E-state index contributed by atoms with van der Waals surface area (Å²) in [6, 6.07) is 13.5. The second-order valence-electron chi connectivity index (χ2n) is 7.77. The fraction of sp³-hybridized carbons (Fsp3) is 0.304. The van der Waals surface area contributed by atoms with Crippen molar-refractivity contribution in [2.75, 3.05) is 12.3 Å². The minimum Gasteiger partial charge on any atom is -0.394 e. The molecule has 1 aliphatic heterocycles. The zero-order valence-corrected chi connectivity index (χ0v) is 17.1. The molecule has 1 aromatic carbocycles. The summed E-state index contributed by atoms with van der Waals surface area (Å²) in [4.78, 5) is 26.5. The molecule has 1 atom stereocenters. The number of benzene rings is 1. The van der Waals surface area contributed by atoms with Crippen LogP contribution >= 0.6 is 0 Å². The lowest BCUT2D eigenvalue weighted by molar-refractivity contribution is -0.0314. The van der Waals surface area contributed by atoms with Gasteiger partial charge in [-0.1, -0.05) is 30.3 Å². The average Bonchev–Trinajstić information content (AvgIpc) is 3.17. The topological polar surface area (TPSA) is 101 Å². The molecule has 1 saturated heterocycles. The molecule has 0 aliphatic carbocycles. The molecule has 0 bridgehead atoms. The first kappa shape index (κ1) is 19.4. The van der Waals surface area contributed by atoms with Crippen LogP contribution in [0.5, 0.6) is 0 Å². The number of fused-ring (bicyclic) bond motifs is 1. The van der Waals surface area contributed by atoms with Crippen LogP contribution in [0.3, 0.4) is 0 Å². The van der Waals surface area contributed by atoms with Gasteiger partial charge in [-0.05, 0) is 37.0 Å².